The number of ether oxygens (including phenoxy) is 1. The molecule has 336 valence electrons. The fourth-order valence-electron chi connectivity index (χ4n) is 11.7. The van der Waals surface area contributed by atoms with Crippen molar-refractivity contribution in [3.63, 3.8) is 0 Å². The van der Waals surface area contributed by atoms with Crippen LogP contribution in [0.2, 0.25) is 0 Å². The Hall–Kier alpha value is -1.30. The number of halogens is 18. The predicted octanol–water partition coefficient (Wildman–Crippen LogP) is 13.9. The van der Waals surface area contributed by atoms with Crippen molar-refractivity contribution < 1.29 is 83.8 Å². The highest BCUT2D eigenvalue weighted by molar-refractivity contribution is 5.16. The van der Waals surface area contributed by atoms with Crippen molar-refractivity contribution in [3.8, 4) is 0 Å². The van der Waals surface area contributed by atoms with Crippen molar-refractivity contribution in [2.45, 2.75) is 144 Å². The Bertz CT molecular complexity index is 1380. The molecule has 0 aromatic heterocycles. The summed E-state index contributed by atoms with van der Waals surface area (Å²) in [6, 6.07) is 0. The molecule has 4 aliphatic carbocycles. The van der Waals surface area contributed by atoms with Crippen LogP contribution in [-0.4, -0.2) is 54.7 Å². The van der Waals surface area contributed by atoms with E-state index in [2.05, 4.69) is 0 Å². The van der Waals surface area contributed by atoms with E-state index in [0.29, 0.717) is 0 Å². The lowest BCUT2D eigenvalue weighted by Crippen LogP contribution is -2.61. The molecule has 4 saturated carbocycles. The molecule has 2 saturated heterocycles. The topological polar surface area (TPSA) is 9.23 Å². The van der Waals surface area contributed by atoms with Crippen molar-refractivity contribution in [2.75, 3.05) is 0 Å². The zero-order valence-corrected chi connectivity index (χ0v) is 33.3. The van der Waals surface area contributed by atoms with Gasteiger partial charge < -0.3 is 4.74 Å². The molecule has 19 heteroatoms. The molecule has 6 aliphatic rings. The van der Waals surface area contributed by atoms with Gasteiger partial charge in [0.05, 0.1) is 22.9 Å². The molecule has 0 radical (unpaired) electrons. The summed E-state index contributed by atoms with van der Waals surface area (Å²) < 4.78 is 247. The highest BCUT2D eigenvalue weighted by Crippen LogP contribution is 2.72. The fourth-order valence-corrected chi connectivity index (χ4v) is 11.7. The molecule has 0 N–H and O–H groups in total. The van der Waals surface area contributed by atoms with E-state index in [1.165, 1.54) is 13.8 Å². The van der Waals surface area contributed by atoms with Crippen molar-refractivity contribution in [3.05, 3.63) is 0 Å². The molecule has 1 nitrogen and oxygen atoms in total. The van der Waals surface area contributed by atoms with Gasteiger partial charge in [-0.2, -0.15) is 52.7 Å². The summed E-state index contributed by atoms with van der Waals surface area (Å²) in [5, 5.41) is 0. The van der Waals surface area contributed by atoms with Gasteiger partial charge in [0.25, 0.3) is 17.8 Å². The van der Waals surface area contributed by atoms with E-state index in [1.54, 1.807) is 20.8 Å². The maximum absolute atomic E-state index is 14.3. The van der Waals surface area contributed by atoms with Crippen LogP contribution in [0.3, 0.4) is 0 Å². The normalized spacial score (nSPS) is 42.2. The molecule has 0 aromatic rings. The van der Waals surface area contributed by atoms with E-state index in [0.717, 1.165) is 27.7 Å². The van der Waals surface area contributed by atoms with Gasteiger partial charge in [0.1, 0.15) is 6.10 Å². The molecule has 6 bridgehead atoms. The second-order valence-corrected chi connectivity index (χ2v) is 19.3. The maximum atomic E-state index is 14.3. The molecule has 0 amide bonds. The van der Waals surface area contributed by atoms with Crippen molar-refractivity contribution in [2.24, 2.45) is 93.2 Å². The van der Waals surface area contributed by atoms with Crippen LogP contribution in [0.25, 0.3) is 0 Å². The molecule has 6 fully saturated rings. The second kappa shape index (κ2) is 13.9. The highest BCUT2D eigenvalue weighted by Gasteiger charge is 2.82. The maximum Gasteiger partial charge on any atom is 0.403 e. The summed E-state index contributed by atoms with van der Waals surface area (Å²) >= 11 is 0. The third-order valence-corrected chi connectivity index (χ3v) is 16.1. The van der Waals surface area contributed by atoms with Crippen LogP contribution >= 0.6 is 0 Å². The average Bonchev–Trinajstić information content (AvgIpc) is 3.78. The van der Waals surface area contributed by atoms with Gasteiger partial charge in [-0.05, 0) is 67.1 Å². The number of hydrogen-bond donors (Lipinski definition) is 0. The van der Waals surface area contributed by atoms with Gasteiger partial charge in [-0.15, -0.1) is 0 Å². The Morgan fingerprint density at radius 1 is 0.404 bits per heavy atom. The van der Waals surface area contributed by atoms with E-state index in [-0.39, 0.29) is 37.5 Å². The van der Waals surface area contributed by atoms with Crippen LogP contribution in [0, 0.1) is 93.2 Å². The van der Waals surface area contributed by atoms with Crippen LogP contribution in [0.5, 0.6) is 0 Å². The third-order valence-electron chi connectivity index (χ3n) is 16.1. The monoisotopic (exact) mass is 866 g/mol. The SMILES string of the molecule is CC1C(C)C2CC1C(C(C)(C(F)(F)F)C(F)(F)F)C2(F)F.CC1C(C)C2CC1C(C(C)(C)C(F)(F)F)C2(F)F.CC1C(C)C2OC1C(C(C)(C)C(F)(F)F)C2(F)F. The third kappa shape index (κ3) is 6.87. The Morgan fingerprint density at radius 3 is 1.05 bits per heavy atom. The molecular weight excluding hydrogens is 814 g/mol. The number of alkyl halides is 18. The van der Waals surface area contributed by atoms with Crippen LogP contribution < -0.4 is 0 Å². The summed E-state index contributed by atoms with van der Waals surface area (Å²) in [6.07, 6.45) is -23.2. The van der Waals surface area contributed by atoms with Crippen LogP contribution in [-0.2, 0) is 4.74 Å². The first-order valence-corrected chi connectivity index (χ1v) is 19.1. The molecule has 15 unspecified atom stereocenters. The minimum atomic E-state index is -5.77. The summed E-state index contributed by atoms with van der Waals surface area (Å²) in [5.74, 6) is -22.9. The number of hydrogen-bond acceptors (Lipinski definition) is 1. The summed E-state index contributed by atoms with van der Waals surface area (Å²) in [5.41, 5.74) is -9.17. The zero-order chi connectivity index (χ0) is 44.8. The molecular formula is C38H52F18O. The summed E-state index contributed by atoms with van der Waals surface area (Å²) in [6.45, 7) is 13.2. The lowest BCUT2D eigenvalue weighted by molar-refractivity contribution is -0.378. The Kier molecular flexibility index (Phi) is 11.8. The largest absolute Gasteiger partial charge is 0.403 e. The molecule has 57 heavy (non-hydrogen) atoms. The fraction of sp³-hybridized carbons (Fsp3) is 1.00. The molecule has 15 atom stereocenters. The van der Waals surface area contributed by atoms with Crippen LogP contribution in [0.4, 0.5) is 79.0 Å². The Labute approximate surface area is 320 Å². The molecule has 2 heterocycles. The zero-order valence-electron chi connectivity index (χ0n) is 33.3. The first-order valence-electron chi connectivity index (χ1n) is 19.1. The van der Waals surface area contributed by atoms with Crippen LogP contribution in [0.15, 0.2) is 0 Å². The smallest absolute Gasteiger partial charge is 0.368 e. The molecule has 0 spiro atoms. The summed E-state index contributed by atoms with van der Waals surface area (Å²) in [4.78, 5) is 0. The van der Waals surface area contributed by atoms with Gasteiger partial charge in [-0.25, -0.2) is 26.3 Å². The number of fused-ring (bicyclic) bond motifs is 6. The predicted molar refractivity (Wildman–Crippen MR) is 172 cm³/mol. The quantitative estimate of drug-likeness (QED) is 0.257. The van der Waals surface area contributed by atoms with E-state index >= 15 is 0 Å². The lowest BCUT2D eigenvalue weighted by atomic mass is 9.61. The Balaban J connectivity index is 0.000000190. The Morgan fingerprint density at radius 2 is 0.737 bits per heavy atom. The minimum absolute atomic E-state index is 0.0544. The first kappa shape index (κ1) is 48.4. The first-order chi connectivity index (χ1) is 25.0. The van der Waals surface area contributed by atoms with E-state index < -0.39 is 130 Å². The van der Waals surface area contributed by atoms with E-state index in [1.807, 2.05) is 6.92 Å². The van der Waals surface area contributed by atoms with Gasteiger partial charge in [-0.3, -0.25) is 0 Å². The van der Waals surface area contributed by atoms with Crippen molar-refractivity contribution in [1.82, 2.24) is 0 Å². The van der Waals surface area contributed by atoms with Crippen molar-refractivity contribution in [1.29, 1.82) is 0 Å². The molecule has 2 aliphatic heterocycles. The van der Waals surface area contributed by atoms with E-state index in [9.17, 15) is 79.0 Å². The second-order valence-electron chi connectivity index (χ2n) is 19.3. The van der Waals surface area contributed by atoms with Crippen LogP contribution in [0.1, 0.15) is 89.0 Å². The van der Waals surface area contributed by atoms with Gasteiger partial charge in [0.15, 0.2) is 5.41 Å². The van der Waals surface area contributed by atoms with Crippen molar-refractivity contribution >= 4 is 0 Å². The standard InChI is InChI=1S/C13H16F8.C13H19F5.C12H17F5O/c1-5-6(2)8-4-7(5)9(11(8,14)15)10(3,12(16,17)18)13(19,20)21;1-6-7(2)9-5-8(6)10(12(9,14)15)11(3,4)13(16,17)18;1-5-6(2)9-11(13,14)8(7(5)18-9)10(3,4)12(15,16)17/h5-9H,4H2,1-3H3;6-10H,5H2,1-4H3;5-9H,1-4H3. The molecule has 0 aromatic carbocycles. The highest BCUT2D eigenvalue weighted by atomic mass is 19.4. The average molecular weight is 867 g/mol. The van der Waals surface area contributed by atoms with E-state index in [4.69, 9.17) is 4.74 Å². The van der Waals surface area contributed by atoms with Gasteiger partial charge in [-0.1, -0.05) is 69.2 Å². The van der Waals surface area contributed by atoms with Gasteiger partial charge in [0, 0.05) is 23.7 Å². The number of rotatable bonds is 3. The lowest BCUT2D eigenvalue weighted by Gasteiger charge is -2.48. The molecule has 6 rings (SSSR count). The van der Waals surface area contributed by atoms with Gasteiger partial charge in [0.2, 0.25) is 0 Å². The summed E-state index contributed by atoms with van der Waals surface area (Å²) in [7, 11) is 0. The van der Waals surface area contributed by atoms with Gasteiger partial charge >= 0.3 is 24.7 Å². The minimum Gasteiger partial charge on any atom is -0.368 e.